The zero-order valence-electron chi connectivity index (χ0n) is 12.6. The molecule has 2 fully saturated rings. The lowest BCUT2D eigenvalue weighted by Gasteiger charge is -2.37. The van der Waals surface area contributed by atoms with Crippen LogP contribution >= 0.6 is 0 Å². The quantitative estimate of drug-likeness (QED) is 0.825. The minimum Gasteiger partial charge on any atom is -0.352 e. The molecular weight excluding hydrogens is 236 g/mol. The Kier molecular flexibility index (Phi) is 4.88. The summed E-state index contributed by atoms with van der Waals surface area (Å²) in [5.74, 6) is 1.56. The smallest absolute Gasteiger partial charge is 0.240 e. The SMILES string of the molecule is CCC1CCC(NC(=O)C2(N)CCCC(C)C2)CC1. The van der Waals surface area contributed by atoms with Crippen molar-refractivity contribution in [3.63, 3.8) is 0 Å². The highest BCUT2D eigenvalue weighted by molar-refractivity contribution is 5.86. The van der Waals surface area contributed by atoms with Crippen LogP contribution in [0.2, 0.25) is 0 Å². The van der Waals surface area contributed by atoms with Crippen molar-refractivity contribution in [1.29, 1.82) is 0 Å². The van der Waals surface area contributed by atoms with Gasteiger partial charge in [0.05, 0.1) is 5.54 Å². The van der Waals surface area contributed by atoms with E-state index in [-0.39, 0.29) is 5.91 Å². The topological polar surface area (TPSA) is 55.1 Å². The number of amides is 1. The maximum atomic E-state index is 12.4. The summed E-state index contributed by atoms with van der Waals surface area (Å²) >= 11 is 0. The van der Waals surface area contributed by atoms with E-state index in [0.717, 1.165) is 38.0 Å². The average molecular weight is 266 g/mol. The number of nitrogens with two attached hydrogens (primary N) is 1. The Morgan fingerprint density at radius 1 is 1.26 bits per heavy atom. The van der Waals surface area contributed by atoms with E-state index in [9.17, 15) is 4.79 Å². The second-order valence-electron chi connectivity index (χ2n) is 6.96. The fourth-order valence-electron chi connectivity index (χ4n) is 3.84. The van der Waals surface area contributed by atoms with E-state index >= 15 is 0 Å². The zero-order chi connectivity index (χ0) is 13.9. The van der Waals surface area contributed by atoms with Crippen LogP contribution < -0.4 is 11.1 Å². The number of carbonyl (C=O) groups is 1. The molecule has 1 amide bonds. The summed E-state index contributed by atoms with van der Waals surface area (Å²) in [6.07, 6.45) is 10.1. The van der Waals surface area contributed by atoms with E-state index in [2.05, 4.69) is 19.2 Å². The average Bonchev–Trinajstić information content (AvgIpc) is 2.39. The highest BCUT2D eigenvalue weighted by atomic mass is 16.2. The van der Waals surface area contributed by atoms with E-state index < -0.39 is 5.54 Å². The minimum absolute atomic E-state index is 0.110. The summed E-state index contributed by atoms with van der Waals surface area (Å²) in [6.45, 7) is 4.47. The van der Waals surface area contributed by atoms with Gasteiger partial charge < -0.3 is 11.1 Å². The van der Waals surface area contributed by atoms with E-state index in [0.29, 0.717) is 12.0 Å². The third-order valence-corrected chi connectivity index (χ3v) is 5.24. The molecule has 0 spiro atoms. The number of hydrogen-bond donors (Lipinski definition) is 2. The number of hydrogen-bond acceptors (Lipinski definition) is 2. The van der Waals surface area contributed by atoms with Crippen molar-refractivity contribution in [2.45, 2.75) is 83.2 Å². The molecule has 3 N–H and O–H groups in total. The maximum absolute atomic E-state index is 12.4. The number of nitrogens with one attached hydrogen (secondary N) is 1. The van der Waals surface area contributed by atoms with Gasteiger partial charge in [-0.25, -0.2) is 0 Å². The molecule has 0 aromatic carbocycles. The van der Waals surface area contributed by atoms with Crippen LogP contribution in [0.3, 0.4) is 0 Å². The first kappa shape index (κ1) is 14.8. The van der Waals surface area contributed by atoms with Gasteiger partial charge >= 0.3 is 0 Å². The van der Waals surface area contributed by atoms with Crippen molar-refractivity contribution in [2.75, 3.05) is 0 Å². The summed E-state index contributed by atoms with van der Waals surface area (Å²) in [6, 6.07) is 0.368. The normalized spacial score (nSPS) is 39.8. The van der Waals surface area contributed by atoms with Crippen molar-refractivity contribution in [2.24, 2.45) is 17.6 Å². The molecule has 2 unspecified atom stereocenters. The molecular formula is C16H30N2O. The maximum Gasteiger partial charge on any atom is 0.240 e. The molecule has 2 atom stereocenters. The minimum atomic E-state index is -0.598. The van der Waals surface area contributed by atoms with Crippen LogP contribution in [0.15, 0.2) is 0 Å². The van der Waals surface area contributed by atoms with E-state index in [1.807, 2.05) is 0 Å². The van der Waals surface area contributed by atoms with E-state index in [1.54, 1.807) is 0 Å². The Hall–Kier alpha value is -0.570. The molecule has 19 heavy (non-hydrogen) atoms. The Morgan fingerprint density at radius 2 is 1.95 bits per heavy atom. The lowest BCUT2D eigenvalue weighted by molar-refractivity contribution is -0.129. The molecule has 0 heterocycles. The van der Waals surface area contributed by atoms with Crippen molar-refractivity contribution < 1.29 is 4.79 Å². The Labute approximate surface area is 117 Å². The summed E-state index contributed by atoms with van der Waals surface area (Å²) in [5, 5.41) is 3.23. The van der Waals surface area contributed by atoms with Gasteiger partial charge in [-0.05, 0) is 50.4 Å². The Morgan fingerprint density at radius 3 is 2.53 bits per heavy atom. The van der Waals surface area contributed by atoms with Crippen LogP contribution in [0, 0.1) is 11.8 Å². The molecule has 0 radical (unpaired) electrons. The lowest BCUT2D eigenvalue weighted by Crippen LogP contribution is -2.58. The molecule has 2 rings (SSSR count). The first-order valence-corrected chi connectivity index (χ1v) is 8.13. The molecule has 0 saturated heterocycles. The highest BCUT2D eigenvalue weighted by Gasteiger charge is 2.38. The Bertz CT molecular complexity index is 310. The van der Waals surface area contributed by atoms with Gasteiger partial charge in [-0.15, -0.1) is 0 Å². The summed E-state index contributed by atoms with van der Waals surface area (Å²) in [4.78, 5) is 12.4. The lowest BCUT2D eigenvalue weighted by atomic mass is 9.76. The first-order valence-electron chi connectivity index (χ1n) is 8.13. The Balaban J connectivity index is 1.83. The van der Waals surface area contributed by atoms with Gasteiger partial charge in [0.1, 0.15) is 0 Å². The zero-order valence-corrected chi connectivity index (χ0v) is 12.6. The molecule has 0 aromatic rings. The predicted molar refractivity (Wildman–Crippen MR) is 78.7 cm³/mol. The largest absolute Gasteiger partial charge is 0.352 e. The van der Waals surface area contributed by atoms with Gasteiger partial charge in [-0.1, -0.05) is 33.1 Å². The number of carbonyl (C=O) groups excluding carboxylic acids is 1. The highest BCUT2D eigenvalue weighted by Crippen LogP contribution is 2.32. The second-order valence-corrected chi connectivity index (χ2v) is 6.96. The molecule has 2 aliphatic rings. The molecule has 2 aliphatic carbocycles. The summed E-state index contributed by atoms with van der Waals surface area (Å²) in [7, 11) is 0. The fraction of sp³-hybridized carbons (Fsp3) is 0.938. The third-order valence-electron chi connectivity index (χ3n) is 5.24. The molecule has 3 nitrogen and oxygen atoms in total. The van der Waals surface area contributed by atoms with Crippen LogP contribution in [0.5, 0.6) is 0 Å². The van der Waals surface area contributed by atoms with Gasteiger partial charge in [-0.3, -0.25) is 4.79 Å². The standard InChI is InChI=1S/C16H30N2O/c1-3-13-6-8-14(9-7-13)18-15(19)16(17)10-4-5-12(2)11-16/h12-14H,3-11,17H2,1-2H3,(H,18,19). The molecule has 0 aliphatic heterocycles. The number of rotatable bonds is 3. The van der Waals surface area contributed by atoms with Gasteiger partial charge in [0.15, 0.2) is 0 Å². The molecule has 2 saturated carbocycles. The van der Waals surface area contributed by atoms with Gasteiger partial charge in [-0.2, -0.15) is 0 Å². The molecule has 110 valence electrons. The summed E-state index contributed by atoms with van der Waals surface area (Å²) < 4.78 is 0. The van der Waals surface area contributed by atoms with E-state index in [1.165, 1.54) is 25.7 Å². The molecule has 3 heteroatoms. The van der Waals surface area contributed by atoms with Crippen molar-refractivity contribution >= 4 is 5.91 Å². The summed E-state index contributed by atoms with van der Waals surface area (Å²) in [5.41, 5.74) is 5.75. The van der Waals surface area contributed by atoms with Crippen LogP contribution in [0.4, 0.5) is 0 Å². The van der Waals surface area contributed by atoms with Crippen molar-refractivity contribution in [1.82, 2.24) is 5.32 Å². The fourth-order valence-corrected chi connectivity index (χ4v) is 3.84. The van der Waals surface area contributed by atoms with Gasteiger partial charge in [0.2, 0.25) is 5.91 Å². The van der Waals surface area contributed by atoms with Crippen LogP contribution in [-0.4, -0.2) is 17.5 Å². The van der Waals surface area contributed by atoms with Crippen LogP contribution in [0.25, 0.3) is 0 Å². The van der Waals surface area contributed by atoms with Crippen molar-refractivity contribution in [3.8, 4) is 0 Å². The first-order chi connectivity index (χ1) is 9.03. The monoisotopic (exact) mass is 266 g/mol. The van der Waals surface area contributed by atoms with Gasteiger partial charge in [0.25, 0.3) is 0 Å². The van der Waals surface area contributed by atoms with E-state index in [4.69, 9.17) is 5.73 Å². The predicted octanol–water partition coefficient (Wildman–Crippen LogP) is 2.98. The third kappa shape index (κ3) is 3.71. The van der Waals surface area contributed by atoms with Crippen LogP contribution in [0.1, 0.15) is 71.6 Å². The second kappa shape index (κ2) is 6.25. The molecule has 0 bridgehead atoms. The molecule has 0 aromatic heterocycles. The van der Waals surface area contributed by atoms with Crippen LogP contribution in [-0.2, 0) is 4.79 Å². The van der Waals surface area contributed by atoms with Gasteiger partial charge in [0, 0.05) is 6.04 Å². The van der Waals surface area contributed by atoms with Crippen molar-refractivity contribution in [3.05, 3.63) is 0 Å².